The Hall–Kier alpha value is -0.0400. The molecule has 0 spiro atoms. The fourth-order valence-electron chi connectivity index (χ4n) is 1.42. The molecule has 0 aromatic rings. The normalized spacial score (nSPS) is 36.7. The molecule has 0 bridgehead atoms. The molecule has 0 amide bonds. The summed E-state index contributed by atoms with van der Waals surface area (Å²) >= 11 is 0. The van der Waals surface area contributed by atoms with E-state index in [2.05, 4.69) is 13.8 Å². The van der Waals surface area contributed by atoms with Crippen molar-refractivity contribution in [3.05, 3.63) is 0 Å². The van der Waals surface area contributed by atoms with Crippen molar-refractivity contribution >= 4 is 0 Å². The van der Waals surface area contributed by atoms with E-state index in [1.54, 1.807) is 0 Å². The maximum absolute atomic E-state index is 5.34. The average molecular weight is 128 g/mol. The second-order valence-corrected chi connectivity index (χ2v) is 3.01. The first kappa shape index (κ1) is 7.07. The van der Waals surface area contributed by atoms with Crippen LogP contribution in [0.15, 0.2) is 0 Å². The monoisotopic (exact) mass is 128 g/mol. The van der Waals surface area contributed by atoms with E-state index in [0.717, 1.165) is 25.0 Å². The molecule has 1 aliphatic rings. The molecule has 1 aliphatic heterocycles. The lowest BCUT2D eigenvalue weighted by Crippen LogP contribution is -2.24. The summed E-state index contributed by atoms with van der Waals surface area (Å²) in [6.07, 6.45) is 2.54. The molecule has 1 rings (SSSR count). The Morgan fingerprint density at radius 3 is 2.78 bits per heavy atom. The highest BCUT2D eigenvalue weighted by Crippen LogP contribution is 2.23. The van der Waals surface area contributed by atoms with Crippen molar-refractivity contribution in [1.82, 2.24) is 0 Å². The number of hydrogen-bond donors (Lipinski definition) is 0. The molecule has 1 nitrogen and oxygen atoms in total. The minimum atomic E-state index is 0.832. The molecule has 0 radical (unpaired) electrons. The van der Waals surface area contributed by atoms with Crippen molar-refractivity contribution in [3.8, 4) is 0 Å². The van der Waals surface area contributed by atoms with Crippen LogP contribution in [0.5, 0.6) is 0 Å². The summed E-state index contributed by atoms with van der Waals surface area (Å²) in [6, 6.07) is 0. The molecule has 2 unspecified atom stereocenters. The maximum Gasteiger partial charge on any atom is 0.0496 e. The van der Waals surface area contributed by atoms with Gasteiger partial charge < -0.3 is 4.74 Å². The Bertz CT molecular complexity index is 80.6. The van der Waals surface area contributed by atoms with Crippen molar-refractivity contribution in [1.29, 1.82) is 0 Å². The zero-order chi connectivity index (χ0) is 6.69. The molecule has 1 heteroatoms. The predicted octanol–water partition coefficient (Wildman–Crippen LogP) is 2.07. The fourth-order valence-corrected chi connectivity index (χ4v) is 1.42. The number of ether oxygens (including phenoxy) is 1. The molecule has 0 aromatic heterocycles. The van der Waals surface area contributed by atoms with Crippen LogP contribution in [-0.2, 0) is 4.74 Å². The molecule has 9 heavy (non-hydrogen) atoms. The standard InChI is InChI=1S/C8H16O/c1-3-8-6-9-5-4-7(8)2/h7-8H,3-6H2,1-2H3. The maximum atomic E-state index is 5.34. The Labute approximate surface area is 57.4 Å². The van der Waals surface area contributed by atoms with Gasteiger partial charge in [0.1, 0.15) is 0 Å². The number of hydrogen-bond acceptors (Lipinski definition) is 1. The lowest BCUT2D eigenvalue weighted by Gasteiger charge is -2.27. The van der Waals surface area contributed by atoms with E-state index in [1.165, 1.54) is 12.8 Å². The molecule has 1 saturated heterocycles. The quantitative estimate of drug-likeness (QED) is 0.525. The third-order valence-electron chi connectivity index (χ3n) is 2.38. The van der Waals surface area contributed by atoms with E-state index in [1.807, 2.05) is 0 Å². The van der Waals surface area contributed by atoms with Crippen LogP contribution in [0, 0.1) is 11.8 Å². The molecule has 0 N–H and O–H groups in total. The Morgan fingerprint density at radius 1 is 1.56 bits per heavy atom. The van der Waals surface area contributed by atoms with Crippen LogP contribution in [0.4, 0.5) is 0 Å². The van der Waals surface area contributed by atoms with Crippen molar-refractivity contribution in [2.24, 2.45) is 11.8 Å². The highest BCUT2D eigenvalue weighted by molar-refractivity contribution is 4.68. The number of rotatable bonds is 1. The topological polar surface area (TPSA) is 9.23 Å². The van der Waals surface area contributed by atoms with Gasteiger partial charge in [-0.3, -0.25) is 0 Å². The smallest absolute Gasteiger partial charge is 0.0496 e. The van der Waals surface area contributed by atoms with Gasteiger partial charge in [0.05, 0.1) is 0 Å². The van der Waals surface area contributed by atoms with E-state index in [4.69, 9.17) is 4.74 Å². The van der Waals surface area contributed by atoms with Gasteiger partial charge in [0, 0.05) is 13.2 Å². The van der Waals surface area contributed by atoms with Crippen molar-refractivity contribution in [2.75, 3.05) is 13.2 Å². The highest BCUT2D eigenvalue weighted by Gasteiger charge is 2.19. The third-order valence-corrected chi connectivity index (χ3v) is 2.38. The second kappa shape index (κ2) is 3.21. The largest absolute Gasteiger partial charge is 0.381 e. The van der Waals surface area contributed by atoms with Gasteiger partial charge in [-0.15, -0.1) is 0 Å². The van der Waals surface area contributed by atoms with E-state index >= 15 is 0 Å². The van der Waals surface area contributed by atoms with Gasteiger partial charge >= 0.3 is 0 Å². The molecular weight excluding hydrogens is 112 g/mol. The van der Waals surface area contributed by atoms with Crippen LogP contribution in [0.2, 0.25) is 0 Å². The van der Waals surface area contributed by atoms with E-state index in [9.17, 15) is 0 Å². The molecule has 0 saturated carbocycles. The summed E-state index contributed by atoms with van der Waals surface area (Å²) in [5.41, 5.74) is 0. The lowest BCUT2D eigenvalue weighted by atomic mass is 9.88. The lowest BCUT2D eigenvalue weighted by molar-refractivity contribution is 0.0214. The van der Waals surface area contributed by atoms with Crippen LogP contribution in [-0.4, -0.2) is 13.2 Å². The van der Waals surface area contributed by atoms with Crippen LogP contribution >= 0.6 is 0 Å². The van der Waals surface area contributed by atoms with Gasteiger partial charge in [-0.1, -0.05) is 20.3 Å². The fraction of sp³-hybridized carbons (Fsp3) is 1.00. The van der Waals surface area contributed by atoms with Gasteiger partial charge in [-0.05, 0) is 18.3 Å². The molecule has 0 aromatic carbocycles. The molecule has 54 valence electrons. The molecular formula is C8H16O. The van der Waals surface area contributed by atoms with Crippen molar-refractivity contribution in [2.45, 2.75) is 26.7 Å². The summed E-state index contributed by atoms with van der Waals surface area (Å²) < 4.78 is 5.34. The van der Waals surface area contributed by atoms with Gasteiger partial charge in [-0.25, -0.2) is 0 Å². The summed E-state index contributed by atoms with van der Waals surface area (Å²) in [7, 11) is 0. The highest BCUT2D eigenvalue weighted by atomic mass is 16.5. The Balaban J connectivity index is 2.30. The molecule has 1 heterocycles. The predicted molar refractivity (Wildman–Crippen MR) is 38.4 cm³/mol. The van der Waals surface area contributed by atoms with E-state index < -0.39 is 0 Å². The Kier molecular flexibility index (Phi) is 2.52. The van der Waals surface area contributed by atoms with Gasteiger partial charge in [0.15, 0.2) is 0 Å². The third kappa shape index (κ3) is 1.68. The SMILES string of the molecule is CCC1COCCC1C. The summed E-state index contributed by atoms with van der Waals surface area (Å²) in [4.78, 5) is 0. The van der Waals surface area contributed by atoms with Crippen LogP contribution in [0.25, 0.3) is 0 Å². The molecule has 1 fully saturated rings. The van der Waals surface area contributed by atoms with Crippen LogP contribution in [0.1, 0.15) is 26.7 Å². The average Bonchev–Trinajstić information content (AvgIpc) is 1.89. The summed E-state index contributed by atoms with van der Waals surface area (Å²) in [5, 5.41) is 0. The first-order valence-corrected chi connectivity index (χ1v) is 3.92. The van der Waals surface area contributed by atoms with Crippen molar-refractivity contribution in [3.63, 3.8) is 0 Å². The van der Waals surface area contributed by atoms with Crippen LogP contribution in [0.3, 0.4) is 0 Å². The Morgan fingerprint density at radius 2 is 2.33 bits per heavy atom. The van der Waals surface area contributed by atoms with E-state index in [0.29, 0.717) is 0 Å². The first-order chi connectivity index (χ1) is 4.34. The van der Waals surface area contributed by atoms with Gasteiger partial charge in [-0.2, -0.15) is 0 Å². The van der Waals surface area contributed by atoms with Gasteiger partial charge in [0.2, 0.25) is 0 Å². The van der Waals surface area contributed by atoms with E-state index in [-0.39, 0.29) is 0 Å². The second-order valence-electron chi connectivity index (χ2n) is 3.01. The first-order valence-electron chi connectivity index (χ1n) is 3.92. The summed E-state index contributed by atoms with van der Waals surface area (Å²) in [6.45, 7) is 6.56. The zero-order valence-corrected chi connectivity index (χ0v) is 6.39. The minimum absolute atomic E-state index is 0.832. The van der Waals surface area contributed by atoms with Gasteiger partial charge in [0.25, 0.3) is 0 Å². The molecule has 0 aliphatic carbocycles. The van der Waals surface area contributed by atoms with Crippen LogP contribution < -0.4 is 0 Å². The molecule has 2 atom stereocenters. The zero-order valence-electron chi connectivity index (χ0n) is 6.39. The van der Waals surface area contributed by atoms with Crippen molar-refractivity contribution < 1.29 is 4.74 Å². The summed E-state index contributed by atoms with van der Waals surface area (Å²) in [5.74, 6) is 1.72. The minimum Gasteiger partial charge on any atom is -0.381 e.